The van der Waals surface area contributed by atoms with E-state index in [2.05, 4.69) is 10.3 Å². The highest BCUT2D eigenvalue weighted by molar-refractivity contribution is 7.91. The van der Waals surface area contributed by atoms with Crippen LogP contribution in [0, 0.1) is 0 Å². The summed E-state index contributed by atoms with van der Waals surface area (Å²) >= 11 is 7.22. The van der Waals surface area contributed by atoms with E-state index in [0.717, 1.165) is 25.9 Å². The zero-order valence-electron chi connectivity index (χ0n) is 14.1. The first kappa shape index (κ1) is 18.8. The number of fused-ring (bicyclic) bond motifs is 1. The van der Waals surface area contributed by atoms with E-state index in [1.54, 1.807) is 30.5 Å². The van der Waals surface area contributed by atoms with Crippen LogP contribution in [0.3, 0.4) is 0 Å². The SMILES string of the molecule is CN(C)S(=O)(=O)c1ccc(CNC(=O)c2cc(Cl)cc3cccnc23)s1. The van der Waals surface area contributed by atoms with Crippen LogP contribution in [0.15, 0.2) is 46.8 Å². The lowest BCUT2D eigenvalue weighted by molar-refractivity contribution is 0.0953. The van der Waals surface area contributed by atoms with Crippen molar-refractivity contribution >= 4 is 49.8 Å². The molecule has 0 aliphatic carbocycles. The molecule has 136 valence electrons. The molecule has 0 spiro atoms. The Bertz CT molecular complexity index is 1080. The Morgan fingerprint density at radius 1 is 1.27 bits per heavy atom. The molecule has 26 heavy (non-hydrogen) atoms. The summed E-state index contributed by atoms with van der Waals surface area (Å²) in [4.78, 5) is 17.6. The highest BCUT2D eigenvalue weighted by atomic mass is 35.5. The number of sulfonamides is 1. The normalized spacial score (nSPS) is 11.8. The van der Waals surface area contributed by atoms with Gasteiger partial charge in [-0.3, -0.25) is 9.78 Å². The van der Waals surface area contributed by atoms with Crippen molar-refractivity contribution in [3.8, 4) is 0 Å². The third-order valence-corrected chi connectivity index (χ3v) is 7.30. The van der Waals surface area contributed by atoms with Gasteiger partial charge in [-0.2, -0.15) is 0 Å². The number of carbonyl (C=O) groups is 1. The van der Waals surface area contributed by atoms with E-state index in [0.29, 0.717) is 16.1 Å². The van der Waals surface area contributed by atoms with Crippen LogP contribution in [0.2, 0.25) is 5.02 Å². The Morgan fingerprint density at radius 3 is 2.77 bits per heavy atom. The maximum atomic E-state index is 12.6. The number of carbonyl (C=O) groups excluding carboxylic acids is 1. The zero-order chi connectivity index (χ0) is 18.9. The molecule has 1 amide bonds. The Hall–Kier alpha value is -2.00. The van der Waals surface area contributed by atoms with Gasteiger partial charge in [-0.05, 0) is 30.3 Å². The van der Waals surface area contributed by atoms with Crippen LogP contribution in [-0.2, 0) is 16.6 Å². The van der Waals surface area contributed by atoms with Gasteiger partial charge in [-0.25, -0.2) is 12.7 Å². The number of amides is 1. The predicted molar refractivity (Wildman–Crippen MR) is 103 cm³/mol. The lowest BCUT2D eigenvalue weighted by atomic mass is 10.1. The Morgan fingerprint density at radius 2 is 2.04 bits per heavy atom. The first-order valence-electron chi connectivity index (χ1n) is 7.63. The quantitative estimate of drug-likeness (QED) is 0.702. The summed E-state index contributed by atoms with van der Waals surface area (Å²) in [5.41, 5.74) is 0.947. The number of pyridine rings is 1. The van der Waals surface area contributed by atoms with Crippen LogP contribution in [0.5, 0.6) is 0 Å². The number of nitrogens with zero attached hydrogens (tertiary/aromatic N) is 2. The van der Waals surface area contributed by atoms with Gasteiger partial charge in [0.1, 0.15) is 4.21 Å². The van der Waals surface area contributed by atoms with Gasteiger partial charge in [0.2, 0.25) is 0 Å². The summed E-state index contributed by atoms with van der Waals surface area (Å²) in [7, 11) is -0.510. The second kappa shape index (κ2) is 7.32. The largest absolute Gasteiger partial charge is 0.347 e. The number of halogens is 1. The highest BCUT2D eigenvalue weighted by Gasteiger charge is 2.20. The van der Waals surface area contributed by atoms with Crippen molar-refractivity contribution in [2.75, 3.05) is 14.1 Å². The van der Waals surface area contributed by atoms with Gasteiger partial charge in [0, 0.05) is 35.6 Å². The van der Waals surface area contributed by atoms with Gasteiger partial charge < -0.3 is 5.32 Å². The molecule has 0 aliphatic heterocycles. The molecule has 1 N–H and O–H groups in total. The Balaban J connectivity index is 1.80. The number of hydrogen-bond donors (Lipinski definition) is 1. The molecule has 0 saturated carbocycles. The minimum Gasteiger partial charge on any atom is -0.347 e. The monoisotopic (exact) mass is 409 g/mol. The van der Waals surface area contributed by atoms with E-state index in [1.165, 1.54) is 20.2 Å². The van der Waals surface area contributed by atoms with Crippen molar-refractivity contribution < 1.29 is 13.2 Å². The van der Waals surface area contributed by atoms with E-state index >= 15 is 0 Å². The molecule has 0 bridgehead atoms. The summed E-state index contributed by atoms with van der Waals surface area (Å²) in [6.07, 6.45) is 1.62. The van der Waals surface area contributed by atoms with Crippen molar-refractivity contribution in [1.29, 1.82) is 0 Å². The second-order valence-electron chi connectivity index (χ2n) is 5.72. The molecule has 3 rings (SSSR count). The van der Waals surface area contributed by atoms with Gasteiger partial charge >= 0.3 is 0 Å². The van der Waals surface area contributed by atoms with Crippen LogP contribution in [0.1, 0.15) is 15.2 Å². The van der Waals surface area contributed by atoms with Crippen LogP contribution in [-0.4, -0.2) is 37.7 Å². The highest BCUT2D eigenvalue weighted by Crippen LogP contribution is 2.25. The van der Waals surface area contributed by atoms with Crippen molar-refractivity contribution in [2.24, 2.45) is 0 Å². The summed E-state index contributed by atoms with van der Waals surface area (Å²) in [6.45, 7) is 0.216. The van der Waals surface area contributed by atoms with Crippen molar-refractivity contribution in [1.82, 2.24) is 14.6 Å². The Kier molecular flexibility index (Phi) is 5.29. The molecule has 0 fully saturated rings. The van der Waals surface area contributed by atoms with E-state index in [-0.39, 0.29) is 16.7 Å². The summed E-state index contributed by atoms with van der Waals surface area (Å²) < 4.78 is 25.6. The number of rotatable bonds is 5. The van der Waals surface area contributed by atoms with E-state index in [9.17, 15) is 13.2 Å². The number of nitrogens with one attached hydrogen (secondary N) is 1. The van der Waals surface area contributed by atoms with Gasteiger partial charge in [-0.15, -0.1) is 11.3 Å². The molecule has 2 aromatic heterocycles. The zero-order valence-corrected chi connectivity index (χ0v) is 16.5. The standard InChI is InChI=1S/C17H16ClN3O3S2/c1-21(2)26(23,24)15-6-5-13(25-15)10-20-17(22)14-9-12(18)8-11-4-3-7-19-16(11)14/h3-9H,10H2,1-2H3,(H,20,22). The molecule has 0 atom stereocenters. The number of aromatic nitrogens is 1. The Labute approximate surface area is 160 Å². The van der Waals surface area contributed by atoms with Gasteiger partial charge in [0.25, 0.3) is 15.9 Å². The molecular weight excluding hydrogens is 394 g/mol. The fraction of sp³-hybridized carbons (Fsp3) is 0.176. The fourth-order valence-electron chi connectivity index (χ4n) is 2.36. The predicted octanol–water partition coefficient (Wildman–Crippen LogP) is 3.13. The van der Waals surface area contributed by atoms with Gasteiger partial charge in [0.15, 0.2) is 0 Å². The third kappa shape index (κ3) is 3.73. The lowest BCUT2D eigenvalue weighted by Gasteiger charge is -2.09. The average Bonchev–Trinajstić information content (AvgIpc) is 3.08. The van der Waals surface area contributed by atoms with Crippen molar-refractivity contribution in [2.45, 2.75) is 10.8 Å². The molecule has 0 radical (unpaired) electrons. The number of benzene rings is 1. The summed E-state index contributed by atoms with van der Waals surface area (Å²) in [5.74, 6) is -0.318. The molecule has 0 saturated heterocycles. The minimum atomic E-state index is -3.47. The fourth-order valence-corrected chi connectivity index (χ4v) is 5.05. The van der Waals surface area contributed by atoms with E-state index < -0.39 is 10.0 Å². The van der Waals surface area contributed by atoms with Crippen LogP contribution in [0.4, 0.5) is 0 Å². The second-order valence-corrected chi connectivity index (χ2v) is 9.70. The average molecular weight is 410 g/mol. The molecule has 0 aliphatic rings. The maximum Gasteiger partial charge on any atom is 0.253 e. The molecule has 1 aromatic carbocycles. The molecular formula is C17H16ClN3O3S2. The topological polar surface area (TPSA) is 79.4 Å². The van der Waals surface area contributed by atoms with Crippen molar-refractivity contribution in [3.05, 3.63) is 58.1 Å². The van der Waals surface area contributed by atoms with Crippen molar-refractivity contribution in [3.63, 3.8) is 0 Å². The van der Waals surface area contributed by atoms with E-state index in [4.69, 9.17) is 11.6 Å². The smallest absolute Gasteiger partial charge is 0.253 e. The molecule has 3 aromatic rings. The molecule has 6 nitrogen and oxygen atoms in total. The maximum absolute atomic E-state index is 12.6. The molecule has 2 heterocycles. The van der Waals surface area contributed by atoms with Gasteiger partial charge in [0.05, 0.1) is 17.6 Å². The number of thiophene rings is 1. The molecule has 0 unspecified atom stereocenters. The van der Waals surface area contributed by atoms with Crippen LogP contribution < -0.4 is 5.32 Å². The minimum absolute atomic E-state index is 0.216. The van der Waals surface area contributed by atoms with E-state index in [1.807, 2.05) is 6.07 Å². The summed E-state index contributed by atoms with van der Waals surface area (Å²) in [6, 6.07) is 10.2. The van der Waals surface area contributed by atoms with Crippen LogP contribution >= 0.6 is 22.9 Å². The molecule has 9 heteroatoms. The van der Waals surface area contributed by atoms with Crippen LogP contribution in [0.25, 0.3) is 10.9 Å². The summed E-state index contributed by atoms with van der Waals surface area (Å²) in [5, 5.41) is 4.02. The van der Waals surface area contributed by atoms with Gasteiger partial charge in [-0.1, -0.05) is 17.7 Å². The first-order chi connectivity index (χ1) is 12.3. The number of hydrogen-bond acceptors (Lipinski definition) is 5. The lowest BCUT2D eigenvalue weighted by Crippen LogP contribution is -2.23. The third-order valence-electron chi connectivity index (χ3n) is 3.71. The first-order valence-corrected chi connectivity index (χ1v) is 10.3.